The van der Waals surface area contributed by atoms with Crippen molar-refractivity contribution in [1.29, 1.82) is 0 Å². The van der Waals surface area contributed by atoms with Gasteiger partial charge in [0.05, 0.1) is 0 Å². The molecule has 0 atom stereocenters. The number of carbonyl (C=O) groups is 1. The summed E-state index contributed by atoms with van der Waals surface area (Å²) in [6.45, 7) is 5.30. The van der Waals surface area contributed by atoms with Crippen molar-refractivity contribution in [2.45, 2.75) is 13.3 Å². The average Bonchev–Trinajstić information content (AvgIpc) is 1.89. The van der Waals surface area contributed by atoms with Gasteiger partial charge in [-0.05, 0) is 0 Å². The molecule has 0 aliphatic heterocycles. The van der Waals surface area contributed by atoms with Gasteiger partial charge in [0.2, 0.25) is 0 Å². The smallest absolute Gasteiger partial charge is 0.298 e. The van der Waals surface area contributed by atoms with Gasteiger partial charge in [0.15, 0.2) is 0 Å². The minimum absolute atomic E-state index is 0.242. The van der Waals surface area contributed by atoms with Crippen LogP contribution in [0.4, 0.5) is 0 Å². The van der Waals surface area contributed by atoms with Crippen molar-refractivity contribution in [2.75, 3.05) is 6.61 Å². The van der Waals surface area contributed by atoms with E-state index in [9.17, 15) is 4.79 Å². The Hall–Kier alpha value is -0.830. The molecule has 9 heavy (non-hydrogen) atoms. The fourth-order valence-corrected chi connectivity index (χ4v) is 0.207. The SMILES string of the molecule is C=CCOOC(=O)CC. The zero-order chi connectivity index (χ0) is 7.11. The summed E-state index contributed by atoms with van der Waals surface area (Å²) in [6, 6.07) is 0. The predicted molar refractivity (Wildman–Crippen MR) is 32.5 cm³/mol. The van der Waals surface area contributed by atoms with E-state index in [2.05, 4.69) is 16.4 Å². The third-order valence-corrected chi connectivity index (χ3v) is 0.626. The van der Waals surface area contributed by atoms with Crippen LogP contribution in [0.15, 0.2) is 12.7 Å². The molecule has 0 bridgehead atoms. The Balaban J connectivity index is 3.06. The van der Waals surface area contributed by atoms with Gasteiger partial charge in [-0.1, -0.05) is 13.0 Å². The van der Waals surface area contributed by atoms with Crippen LogP contribution in [-0.2, 0) is 14.6 Å². The summed E-state index contributed by atoms with van der Waals surface area (Å²) in [5.74, 6) is -0.364. The summed E-state index contributed by atoms with van der Waals surface area (Å²) in [7, 11) is 0. The molecule has 0 aromatic heterocycles. The van der Waals surface area contributed by atoms with E-state index < -0.39 is 0 Å². The molecule has 0 aromatic rings. The molecule has 0 unspecified atom stereocenters. The lowest BCUT2D eigenvalue weighted by molar-refractivity contribution is -0.265. The minimum atomic E-state index is -0.364. The molecule has 0 saturated heterocycles. The quantitative estimate of drug-likeness (QED) is 0.247. The topological polar surface area (TPSA) is 35.5 Å². The fraction of sp³-hybridized carbons (Fsp3) is 0.500. The first-order chi connectivity index (χ1) is 4.31. The van der Waals surface area contributed by atoms with E-state index in [1.807, 2.05) is 0 Å². The standard InChI is InChI=1S/C6H10O3/c1-3-5-8-9-6(7)4-2/h3H,1,4-5H2,2H3. The molecule has 3 nitrogen and oxygen atoms in total. The van der Waals surface area contributed by atoms with Crippen molar-refractivity contribution < 1.29 is 14.6 Å². The van der Waals surface area contributed by atoms with Gasteiger partial charge in [-0.15, -0.1) is 6.58 Å². The molecule has 3 heteroatoms. The van der Waals surface area contributed by atoms with E-state index in [1.165, 1.54) is 6.08 Å². The lowest BCUT2D eigenvalue weighted by Crippen LogP contribution is -2.02. The molecular formula is C6H10O3. The largest absolute Gasteiger partial charge is 0.342 e. The van der Waals surface area contributed by atoms with Crippen LogP contribution < -0.4 is 0 Å². The Labute approximate surface area is 54.2 Å². The summed E-state index contributed by atoms with van der Waals surface area (Å²) < 4.78 is 0. The van der Waals surface area contributed by atoms with E-state index in [-0.39, 0.29) is 12.6 Å². The highest BCUT2D eigenvalue weighted by Crippen LogP contribution is 1.84. The van der Waals surface area contributed by atoms with E-state index >= 15 is 0 Å². The molecule has 52 valence electrons. The molecule has 0 N–H and O–H groups in total. The average molecular weight is 130 g/mol. The van der Waals surface area contributed by atoms with Crippen LogP contribution in [-0.4, -0.2) is 12.6 Å². The van der Waals surface area contributed by atoms with Gasteiger partial charge in [-0.3, -0.25) is 4.89 Å². The highest BCUT2D eigenvalue weighted by molar-refractivity contribution is 5.68. The molecule has 0 amide bonds. The Bertz CT molecular complexity index is 98.5. The first kappa shape index (κ1) is 8.17. The summed E-state index contributed by atoms with van der Waals surface area (Å²) in [6.07, 6.45) is 1.83. The van der Waals surface area contributed by atoms with Crippen LogP contribution in [0.1, 0.15) is 13.3 Å². The van der Waals surface area contributed by atoms with E-state index in [4.69, 9.17) is 0 Å². The van der Waals surface area contributed by atoms with Crippen molar-refractivity contribution in [3.63, 3.8) is 0 Å². The molecule has 0 saturated carbocycles. The van der Waals surface area contributed by atoms with Gasteiger partial charge in [0.25, 0.3) is 0 Å². The van der Waals surface area contributed by atoms with Crippen molar-refractivity contribution in [1.82, 2.24) is 0 Å². The molecule has 0 spiro atoms. The van der Waals surface area contributed by atoms with Crippen LogP contribution in [0.25, 0.3) is 0 Å². The van der Waals surface area contributed by atoms with Crippen molar-refractivity contribution >= 4 is 5.97 Å². The lowest BCUT2D eigenvalue weighted by Gasteiger charge is -1.96. The van der Waals surface area contributed by atoms with E-state index in [0.717, 1.165) is 0 Å². The maximum absolute atomic E-state index is 10.3. The summed E-state index contributed by atoms with van der Waals surface area (Å²) >= 11 is 0. The Morgan fingerprint density at radius 1 is 1.78 bits per heavy atom. The molecule has 0 aliphatic carbocycles. The zero-order valence-electron chi connectivity index (χ0n) is 5.42. The van der Waals surface area contributed by atoms with Crippen molar-refractivity contribution in [3.05, 3.63) is 12.7 Å². The number of carbonyl (C=O) groups excluding carboxylic acids is 1. The molecule has 0 heterocycles. The Morgan fingerprint density at radius 3 is 2.89 bits per heavy atom. The van der Waals surface area contributed by atoms with Gasteiger partial charge in [-0.2, -0.15) is 4.89 Å². The summed E-state index contributed by atoms with van der Waals surface area (Å²) in [5, 5.41) is 0. The van der Waals surface area contributed by atoms with E-state index in [1.54, 1.807) is 6.92 Å². The van der Waals surface area contributed by atoms with Gasteiger partial charge < -0.3 is 0 Å². The fourth-order valence-electron chi connectivity index (χ4n) is 0.207. The second-order valence-corrected chi connectivity index (χ2v) is 1.38. The third-order valence-electron chi connectivity index (χ3n) is 0.626. The maximum Gasteiger partial charge on any atom is 0.342 e. The zero-order valence-corrected chi connectivity index (χ0v) is 5.42. The van der Waals surface area contributed by atoms with Crippen LogP contribution in [0.5, 0.6) is 0 Å². The predicted octanol–water partition coefficient (Wildman–Crippen LogP) is 1.06. The number of hydrogen-bond donors (Lipinski definition) is 0. The van der Waals surface area contributed by atoms with Crippen LogP contribution in [0, 0.1) is 0 Å². The summed E-state index contributed by atoms with van der Waals surface area (Å²) in [4.78, 5) is 18.9. The second kappa shape index (κ2) is 5.31. The van der Waals surface area contributed by atoms with Gasteiger partial charge >= 0.3 is 5.97 Å². The lowest BCUT2D eigenvalue weighted by atomic mass is 10.5. The normalized spacial score (nSPS) is 8.56. The number of hydrogen-bond acceptors (Lipinski definition) is 3. The van der Waals surface area contributed by atoms with Gasteiger partial charge in [0, 0.05) is 6.42 Å². The maximum atomic E-state index is 10.3. The van der Waals surface area contributed by atoms with Gasteiger partial charge in [0.1, 0.15) is 6.61 Å². The number of rotatable bonds is 4. The summed E-state index contributed by atoms with van der Waals surface area (Å²) in [5.41, 5.74) is 0. The second-order valence-electron chi connectivity index (χ2n) is 1.38. The van der Waals surface area contributed by atoms with Crippen LogP contribution >= 0.6 is 0 Å². The van der Waals surface area contributed by atoms with Crippen molar-refractivity contribution in [3.8, 4) is 0 Å². The molecule has 0 aromatic carbocycles. The molecular weight excluding hydrogens is 120 g/mol. The third kappa shape index (κ3) is 5.03. The Morgan fingerprint density at radius 2 is 2.44 bits per heavy atom. The highest BCUT2D eigenvalue weighted by atomic mass is 17.2. The van der Waals surface area contributed by atoms with E-state index in [0.29, 0.717) is 6.42 Å². The molecule has 0 fully saturated rings. The molecule has 0 rings (SSSR count). The first-order valence-electron chi connectivity index (χ1n) is 2.74. The first-order valence-corrected chi connectivity index (χ1v) is 2.74. The molecule has 0 aliphatic rings. The Kier molecular flexibility index (Phi) is 4.82. The van der Waals surface area contributed by atoms with Crippen molar-refractivity contribution in [2.24, 2.45) is 0 Å². The molecule has 0 radical (unpaired) electrons. The monoisotopic (exact) mass is 130 g/mol. The van der Waals surface area contributed by atoms with Crippen LogP contribution in [0.2, 0.25) is 0 Å². The minimum Gasteiger partial charge on any atom is -0.298 e. The van der Waals surface area contributed by atoms with Gasteiger partial charge in [-0.25, -0.2) is 4.79 Å². The highest BCUT2D eigenvalue weighted by Gasteiger charge is 1.95. The van der Waals surface area contributed by atoms with Crippen LogP contribution in [0.3, 0.4) is 0 Å².